The molecule has 2 heterocycles. The van der Waals surface area contributed by atoms with Crippen molar-refractivity contribution < 1.29 is 4.79 Å². The maximum absolute atomic E-state index is 12.1. The van der Waals surface area contributed by atoms with Crippen LogP contribution in [0.5, 0.6) is 0 Å². The van der Waals surface area contributed by atoms with E-state index in [-0.39, 0.29) is 17.7 Å². The van der Waals surface area contributed by atoms with Crippen LogP contribution in [0.15, 0.2) is 18.5 Å². The highest BCUT2D eigenvalue weighted by atomic mass is 16.1. The number of ketones is 1. The third kappa shape index (κ3) is 1.85. The number of nitrogens with one attached hydrogen (secondary N) is 1. The van der Waals surface area contributed by atoms with E-state index < -0.39 is 0 Å². The lowest BCUT2D eigenvalue weighted by atomic mass is 9.92. The monoisotopic (exact) mass is 205 g/mol. The van der Waals surface area contributed by atoms with Gasteiger partial charge in [0.2, 0.25) is 0 Å². The van der Waals surface area contributed by atoms with Gasteiger partial charge in [-0.15, -0.1) is 0 Å². The Morgan fingerprint density at radius 2 is 2.47 bits per heavy atom. The zero-order valence-electron chi connectivity index (χ0n) is 8.73. The molecule has 4 heteroatoms. The van der Waals surface area contributed by atoms with Crippen LogP contribution in [0.25, 0.3) is 0 Å². The maximum atomic E-state index is 12.1. The summed E-state index contributed by atoms with van der Waals surface area (Å²) in [6, 6.07) is 1.90. The van der Waals surface area contributed by atoms with Gasteiger partial charge in [-0.05, 0) is 26.0 Å². The normalized spacial score (nSPS) is 25.4. The van der Waals surface area contributed by atoms with Crippen molar-refractivity contribution in [3.8, 4) is 0 Å². The van der Waals surface area contributed by atoms with Gasteiger partial charge in [-0.3, -0.25) is 9.78 Å². The summed E-state index contributed by atoms with van der Waals surface area (Å²) in [5.74, 6) is 0.148. The molecular formula is C11H15N3O. The quantitative estimate of drug-likeness (QED) is 0.702. The number of hydrogen-bond acceptors (Lipinski definition) is 4. The minimum absolute atomic E-state index is 0.0384. The Hall–Kier alpha value is -1.42. The lowest BCUT2D eigenvalue weighted by molar-refractivity contribution is 0.0914. The second kappa shape index (κ2) is 3.98. The van der Waals surface area contributed by atoms with Crippen molar-refractivity contribution in [1.82, 2.24) is 10.3 Å². The van der Waals surface area contributed by atoms with Crippen molar-refractivity contribution in [3.05, 3.63) is 24.0 Å². The summed E-state index contributed by atoms with van der Waals surface area (Å²) in [6.07, 6.45) is 4.04. The van der Waals surface area contributed by atoms with Gasteiger partial charge < -0.3 is 11.1 Å². The average Bonchev–Trinajstić information content (AvgIpc) is 2.64. The molecule has 15 heavy (non-hydrogen) atoms. The topological polar surface area (TPSA) is 68.0 Å². The first kappa shape index (κ1) is 10.1. The van der Waals surface area contributed by atoms with Crippen LogP contribution in [0.2, 0.25) is 0 Å². The van der Waals surface area contributed by atoms with Crippen molar-refractivity contribution in [2.45, 2.75) is 19.4 Å². The number of hydrogen-bond donors (Lipinski definition) is 2. The third-order valence-corrected chi connectivity index (χ3v) is 2.98. The largest absolute Gasteiger partial charge is 0.398 e. The fourth-order valence-electron chi connectivity index (χ4n) is 2.03. The molecule has 1 aromatic rings. The molecule has 2 unspecified atom stereocenters. The molecule has 1 aliphatic heterocycles. The van der Waals surface area contributed by atoms with Crippen LogP contribution in [0.4, 0.5) is 5.69 Å². The molecule has 1 fully saturated rings. The smallest absolute Gasteiger partial charge is 0.171 e. The van der Waals surface area contributed by atoms with Crippen LogP contribution in [0, 0.1) is 5.92 Å². The predicted molar refractivity (Wildman–Crippen MR) is 58.6 cm³/mol. The van der Waals surface area contributed by atoms with Gasteiger partial charge in [0.05, 0.1) is 5.56 Å². The summed E-state index contributed by atoms with van der Waals surface area (Å²) in [4.78, 5) is 16.1. The fourth-order valence-corrected chi connectivity index (χ4v) is 2.03. The molecule has 80 valence electrons. The van der Waals surface area contributed by atoms with Gasteiger partial charge in [0.15, 0.2) is 5.78 Å². The molecule has 0 saturated carbocycles. The summed E-state index contributed by atoms with van der Waals surface area (Å²) in [7, 11) is 0. The van der Waals surface area contributed by atoms with Gasteiger partial charge in [-0.25, -0.2) is 0 Å². The summed E-state index contributed by atoms with van der Waals surface area (Å²) in [6.45, 7) is 2.93. The van der Waals surface area contributed by atoms with E-state index in [0.29, 0.717) is 11.3 Å². The van der Waals surface area contributed by atoms with E-state index in [9.17, 15) is 4.79 Å². The Morgan fingerprint density at radius 1 is 1.67 bits per heavy atom. The van der Waals surface area contributed by atoms with Crippen LogP contribution < -0.4 is 11.1 Å². The number of rotatable bonds is 2. The van der Waals surface area contributed by atoms with Gasteiger partial charge >= 0.3 is 0 Å². The highest BCUT2D eigenvalue weighted by Gasteiger charge is 2.30. The summed E-state index contributed by atoms with van der Waals surface area (Å²) >= 11 is 0. The minimum Gasteiger partial charge on any atom is -0.398 e. The van der Waals surface area contributed by atoms with Crippen LogP contribution in [-0.4, -0.2) is 23.4 Å². The fraction of sp³-hybridized carbons (Fsp3) is 0.455. The van der Waals surface area contributed by atoms with E-state index in [2.05, 4.69) is 10.3 Å². The molecule has 0 spiro atoms. The Morgan fingerprint density at radius 3 is 3.07 bits per heavy atom. The van der Waals surface area contributed by atoms with Crippen molar-refractivity contribution in [2.24, 2.45) is 5.92 Å². The molecular weight excluding hydrogens is 190 g/mol. The molecule has 0 radical (unpaired) electrons. The standard InChI is InChI=1S/C11H15N3O/c1-7-8(2-5-14-7)11(15)9-6-13-4-3-10(9)12/h3-4,6-8,14H,2,5H2,1H3,(H2,12,13). The maximum Gasteiger partial charge on any atom is 0.171 e. The molecule has 1 aromatic heterocycles. The zero-order valence-corrected chi connectivity index (χ0v) is 8.73. The molecule has 4 nitrogen and oxygen atoms in total. The first-order valence-corrected chi connectivity index (χ1v) is 5.17. The highest BCUT2D eigenvalue weighted by molar-refractivity contribution is 6.02. The van der Waals surface area contributed by atoms with Crippen LogP contribution in [-0.2, 0) is 0 Å². The van der Waals surface area contributed by atoms with Gasteiger partial charge in [-0.1, -0.05) is 0 Å². The van der Waals surface area contributed by atoms with Crippen molar-refractivity contribution in [1.29, 1.82) is 0 Å². The second-order valence-electron chi connectivity index (χ2n) is 3.97. The van der Waals surface area contributed by atoms with Crippen molar-refractivity contribution in [3.63, 3.8) is 0 Å². The van der Waals surface area contributed by atoms with Gasteiger partial charge in [0, 0.05) is 30.0 Å². The lowest BCUT2D eigenvalue weighted by Crippen LogP contribution is -2.28. The van der Waals surface area contributed by atoms with E-state index in [0.717, 1.165) is 13.0 Å². The molecule has 1 saturated heterocycles. The number of aromatic nitrogens is 1. The Labute approximate surface area is 88.9 Å². The second-order valence-corrected chi connectivity index (χ2v) is 3.97. The summed E-state index contributed by atoms with van der Waals surface area (Å²) in [5, 5.41) is 3.26. The van der Waals surface area contributed by atoms with E-state index in [1.807, 2.05) is 6.92 Å². The number of nitrogen functional groups attached to an aromatic ring is 1. The SMILES string of the molecule is CC1NCCC1C(=O)c1cnccc1N. The molecule has 2 atom stereocenters. The summed E-state index contributed by atoms with van der Waals surface area (Å²) in [5.41, 5.74) is 6.83. The number of pyridine rings is 1. The highest BCUT2D eigenvalue weighted by Crippen LogP contribution is 2.22. The van der Waals surface area contributed by atoms with Gasteiger partial charge in [-0.2, -0.15) is 0 Å². The Kier molecular flexibility index (Phi) is 2.68. The molecule has 2 rings (SSSR count). The molecule has 0 aliphatic carbocycles. The minimum atomic E-state index is 0.0384. The number of anilines is 1. The predicted octanol–water partition coefficient (Wildman–Crippen LogP) is 0.845. The van der Waals surface area contributed by atoms with E-state index in [1.165, 1.54) is 0 Å². The zero-order chi connectivity index (χ0) is 10.8. The van der Waals surface area contributed by atoms with Gasteiger partial charge in [0.25, 0.3) is 0 Å². The number of nitrogens with zero attached hydrogens (tertiary/aromatic N) is 1. The Balaban J connectivity index is 2.24. The third-order valence-electron chi connectivity index (χ3n) is 2.98. The molecule has 0 amide bonds. The van der Waals surface area contributed by atoms with E-state index >= 15 is 0 Å². The molecule has 1 aliphatic rings. The van der Waals surface area contributed by atoms with Crippen LogP contribution >= 0.6 is 0 Å². The van der Waals surface area contributed by atoms with Crippen molar-refractivity contribution >= 4 is 11.5 Å². The first-order valence-electron chi connectivity index (χ1n) is 5.17. The summed E-state index contributed by atoms with van der Waals surface area (Å²) < 4.78 is 0. The molecule has 0 aromatic carbocycles. The molecule has 0 bridgehead atoms. The van der Waals surface area contributed by atoms with E-state index in [1.54, 1.807) is 18.5 Å². The number of carbonyl (C=O) groups is 1. The molecule has 3 N–H and O–H groups in total. The lowest BCUT2D eigenvalue weighted by Gasteiger charge is -2.14. The first-order chi connectivity index (χ1) is 7.20. The van der Waals surface area contributed by atoms with Crippen LogP contribution in [0.3, 0.4) is 0 Å². The van der Waals surface area contributed by atoms with E-state index in [4.69, 9.17) is 5.73 Å². The number of Topliss-reactive ketones (excluding diaryl/α,β-unsaturated/α-hetero) is 1. The Bertz CT molecular complexity index is 378. The van der Waals surface area contributed by atoms with Crippen LogP contribution in [0.1, 0.15) is 23.7 Å². The number of nitrogens with two attached hydrogens (primary N) is 1. The van der Waals surface area contributed by atoms with Gasteiger partial charge in [0.1, 0.15) is 0 Å². The number of carbonyl (C=O) groups excluding carboxylic acids is 1. The van der Waals surface area contributed by atoms with Crippen molar-refractivity contribution in [2.75, 3.05) is 12.3 Å². The average molecular weight is 205 g/mol.